The lowest BCUT2D eigenvalue weighted by Crippen LogP contribution is -2.33. The van der Waals surface area contributed by atoms with Crippen molar-refractivity contribution >= 4 is 22.4 Å². The molecule has 0 saturated carbocycles. The van der Waals surface area contributed by atoms with Crippen LogP contribution in [0.5, 0.6) is 0 Å². The van der Waals surface area contributed by atoms with Crippen molar-refractivity contribution < 1.29 is 4.79 Å². The van der Waals surface area contributed by atoms with Gasteiger partial charge < -0.3 is 16.0 Å². The van der Waals surface area contributed by atoms with Gasteiger partial charge in [0, 0.05) is 11.9 Å². The van der Waals surface area contributed by atoms with Gasteiger partial charge in [-0.25, -0.2) is 4.98 Å². The van der Waals surface area contributed by atoms with Crippen LogP contribution in [0.1, 0.15) is 31.4 Å². The molecule has 2 heterocycles. The molecule has 0 aliphatic carbocycles. The monoisotopic (exact) mass is 282 g/mol. The van der Waals surface area contributed by atoms with Gasteiger partial charge in [-0.3, -0.25) is 4.79 Å². The second-order valence-corrected chi connectivity index (χ2v) is 5.85. The standard InChI is InChI=1S/C13H22N4OS/c14-13-16-11(10-19-13)9-12(18)15-5-4-8-17-6-2-1-3-7-17/h10H,1-9H2,(H2,14,16)(H,15,18). The van der Waals surface area contributed by atoms with Crippen LogP contribution in [-0.4, -0.2) is 42.0 Å². The third-order valence-electron chi connectivity index (χ3n) is 3.33. The van der Waals surface area contributed by atoms with Gasteiger partial charge in [0.15, 0.2) is 5.13 Å². The average molecular weight is 282 g/mol. The Morgan fingerprint density at radius 2 is 2.21 bits per heavy atom. The molecule has 0 unspecified atom stereocenters. The molecule has 1 amide bonds. The lowest BCUT2D eigenvalue weighted by molar-refractivity contribution is -0.120. The van der Waals surface area contributed by atoms with Gasteiger partial charge in [0.05, 0.1) is 12.1 Å². The number of nitrogen functional groups attached to an aromatic ring is 1. The van der Waals surface area contributed by atoms with Gasteiger partial charge in [-0.2, -0.15) is 0 Å². The highest BCUT2D eigenvalue weighted by atomic mass is 32.1. The Hall–Kier alpha value is -1.14. The molecule has 5 nitrogen and oxygen atoms in total. The summed E-state index contributed by atoms with van der Waals surface area (Å²) in [7, 11) is 0. The molecule has 0 aromatic carbocycles. The molecule has 0 bridgehead atoms. The number of likely N-dealkylation sites (tertiary alicyclic amines) is 1. The number of aromatic nitrogens is 1. The number of hydrogen-bond acceptors (Lipinski definition) is 5. The van der Waals surface area contributed by atoms with Crippen molar-refractivity contribution in [1.82, 2.24) is 15.2 Å². The summed E-state index contributed by atoms with van der Waals surface area (Å²) in [5.74, 6) is 0.0314. The van der Waals surface area contributed by atoms with Crippen LogP contribution in [0.2, 0.25) is 0 Å². The Morgan fingerprint density at radius 3 is 2.89 bits per heavy atom. The minimum absolute atomic E-state index is 0.0314. The number of hydrogen-bond donors (Lipinski definition) is 2. The Bertz CT molecular complexity index is 401. The normalized spacial score (nSPS) is 16.4. The van der Waals surface area contributed by atoms with E-state index < -0.39 is 0 Å². The first-order chi connectivity index (χ1) is 9.24. The summed E-state index contributed by atoms with van der Waals surface area (Å²) in [4.78, 5) is 18.2. The molecule has 0 atom stereocenters. The predicted molar refractivity (Wildman–Crippen MR) is 78.1 cm³/mol. The van der Waals surface area contributed by atoms with Gasteiger partial charge in [0.2, 0.25) is 5.91 Å². The number of anilines is 1. The van der Waals surface area contributed by atoms with E-state index in [9.17, 15) is 4.79 Å². The summed E-state index contributed by atoms with van der Waals surface area (Å²) in [6.45, 7) is 4.26. The van der Waals surface area contributed by atoms with Crippen LogP contribution in [0.15, 0.2) is 5.38 Å². The van der Waals surface area contributed by atoms with E-state index in [1.54, 1.807) is 0 Å². The van der Waals surface area contributed by atoms with Gasteiger partial charge in [0.1, 0.15) is 0 Å². The molecule has 6 heteroatoms. The maximum Gasteiger partial charge on any atom is 0.226 e. The topological polar surface area (TPSA) is 71.2 Å². The predicted octanol–water partition coefficient (Wildman–Crippen LogP) is 1.26. The number of amides is 1. The number of nitrogens with zero attached hydrogens (tertiary/aromatic N) is 2. The number of nitrogens with two attached hydrogens (primary N) is 1. The van der Waals surface area contributed by atoms with E-state index in [0.29, 0.717) is 11.6 Å². The second kappa shape index (κ2) is 7.45. The Kier molecular flexibility index (Phi) is 5.60. The van der Waals surface area contributed by atoms with Gasteiger partial charge in [0.25, 0.3) is 0 Å². The molecule has 1 aliphatic rings. The highest BCUT2D eigenvalue weighted by molar-refractivity contribution is 7.13. The van der Waals surface area contributed by atoms with Crippen molar-refractivity contribution in [3.8, 4) is 0 Å². The highest BCUT2D eigenvalue weighted by Gasteiger charge is 2.10. The fourth-order valence-corrected chi connectivity index (χ4v) is 2.91. The summed E-state index contributed by atoms with van der Waals surface area (Å²) in [5.41, 5.74) is 6.29. The lowest BCUT2D eigenvalue weighted by Gasteiger charge is -2.26. The SMILES string of the molecule is Nc1nc(CC(=O)NCCCN2CCCCC2)cs1. The van der Waals surface area contributed by atoms with E-state index in [2.05, 4.69) is 15.2 Å². The summed E-state index contributed by atoms with van der Waals surface area (Å²) in [6.07, 6.45) is 5.35. The number of carbonyl (C=O) groups excluding carboxylic acids is 1. The van der Waals surface area contributed by atoms with Crippen LogP contribution < -0.4 is 11.1 Å². The average Bonchev–Trinajstić information content (AvgIpc) is 2.81. The number of rotatable bonds is 6. The smallest absolute Gasteiger partial charge is 0.226 e. The van der Waals surface area contributed by atoms with E-state index in [1.165, 1.54) is 43.7 Å². The molecule has 2 rings (SSSR count). The first-order valence-electron chi connectivity index (χ1n) is 6.93. The molecule has 0 radical (unpaired) electrons. The summed E-state index contributed by atoms with van der Waals surface area (Å²) < 4.78 is 0. The molecule has 19 heavy (non-hydrogen) atoms. The van der Waals surface area contributed by atoms with Crippen LogP contribution in [0.25, 0.3) is 0 Å². The molecule has 1 saturated heterocycles. The van der Waals surface area contributed by atoms with Crippen LogP contribution in [0, 0.1) is 0 Å². The molecule has 1 aromatic heterocycles. The zero-order valence-electron chi connectivity index (χ0n) is 11.2. The minimum atomic E-state index is 0.0314. The maximum atomic E-state index is 11.7. The maximum absolute atomic E-state index is 11.7. The first-order valence-corrected chi connectivity index (χ1v) is 7.81. The molecule has 1 aromatic rings. The van der Waals surface area contributed by atoms with Crippen LogP contribution >= 0.6 is 11.3 Å². The Morgan fingerprint density at radius 1 is 1.42 bits per heavy atom. The van der Waals surface area contributed by atoms with Gasteiger partial charge in [-0.1, -0.05) is 6.42 Å². The zero-order chi connectivity index (χ0) is 13.5. The largest absolute Gasteiger partial charge is 0.375 e. The minimum Gasteiger partial charge on any atom is -0.375 e. The zero-order valence-corrected chi connectivity index (χ0v) is 12.0. The van der Waals surface area contributed by atoms with Gasteiger partial charge in [-0.15, -0.1) is 11.3 Å². The van der Waals surface area contributed by atoms with Crippen molar-refractivity contribution in [2.75, 3.05) is 31.9 Å². The molecule has 0 spiro atoms. The Labute approximate surface area is 118 Å². The Balaban J connectivity index is 1.56. The number of carbonyl (C=O) groups is 1. The van der Waals surface area contributed by atoms with E-state index in [4.69, 9.17) is 5.73 Å². The fraction of sp³-hybridized carbons (Fsp3) is 0.692. The fourth-order valence-electron chi connectivity index (χ4n) is 2.34. The molecular weight excluding hydrogens is 260 g/mol. The van der Waals surface area contributed by atoms with Crippen LogP contribution in [-0.2, 0) is 11.2 Å². The third-order valence-corrected chi connectivity index (χ3v) is 4.06. The van der Waals surface area contributed by atoms with Crippen molar-refractivity contribution in [2.45, 2.75) is 32.1 Å². The van der Waals surface area contributed by atoms with Crippen molar-refractivity contribution in [2.24, 2.45) is 0 Å². The van der Waals surface area contributed by atoms with E-state index >= 15 is 0 Å². The molecule has 1 fully saturated rings. The van der Waals surface area contributed by atoms with E-state index in [1.807, 2.05) is 5.38 Å². The summed E-state index contributed by atoms with van der Waals surface area (Å²) >= 11 is 1.37. The highest BCUT2D eigenvalue weighted by Crippen LogP contribution is 2.11. The van der Waals surface area contributed by atoms with E-state index in [-0.39, 0.29) is 5.91 Å². The molecular formula is C13H22N4OS. The third kappa shape index (κ3) is 5.16. The summed E-state index contributed by atoms with van der Waals surface area (Å²) in [5, 5.41) is 5.30. The van der Waals surface area contributed by atoms with Gasteiger partial charge in [-0.05, 0) is 38.9 Å². The summed E-state index contributed by atoms with van der Waals surface area (Å²) in [6, 6.07) is 0. The number of thiazole rings is 1. The number of nitrogens with one attached hydrogen (secondary N) is 1. The first kappa shape index (κ1) is 14.3. The van der Waals surface area contributed by atoms with Crippen molar-refractivity contribution in [1.29, 1.82) is 0 Å². The molecule has 3 N–H and O–H groups in total. The van der Waals surface area contributed by atoms with E-state index in [0.717, 1.165) is 25.2 Å². The van der Waals surface area contributed by atoms with Gasteiger partial charge >= 0.3 is 0 Å². The number of piperidine rings is 1. The van der Waals surface area contributed by atoms with Crippen LogP contribution in [0.4, 0.5) is 5.13 Å². The van der Waals surface area contributed by atoms with Crippen molar-refractivity contribution in [3.63, 3.8) is 0 Å². The molecule has 106 valence electrons. The lowest BCUT2D eigenvalue weighted by atomic mass is 10.1. The van der Waals surface area contributed by atoms with Crippen LogP contribution in [0.3, 0.4) is 0 Å². The molecule has 1 aliphatic heterocycles. The second-order valence-electron chi connectivity index (χ2n) is 4.96. The van der Waals surface area contributed by atoms with Crippen molar-refractivity contribution in [3.05, 3.63) is 11.1 Å². The quantitative estimate of drug-likeness (QED) is 0.771.